The minimum Gasteiger partial charge on any atom is -0.427 e. The van der Waals surface area contributed by atoms with Crippen LogP contribution in [0.4, 0.5) is 5.69 Å². The third-order valence-electron chi connectivity index (χ3n) is 4.63. The molecule has 0 atom stereocenters. The van der Waals surface area contributed by atoms with Crippen molar-refractivity contribution in [3.8, 4) is 5.75 Å². The minimum absolute atomic E-state index is 0.0311. The number of rotatable bonds is 6. The number of esters is 1. The van der Waals surface area contributed by atoms with E-state index < -0.39 is 5.97 Å². The Balaban J connectivity index is 1.51. The van der Waals surface area contributed by atoms with E-state index in [-0.39, 0.29) is 24.5 Å². The highest BCUT2D eigenvalue weighted by molar-refractivity contribution is 5.98. The molecule has 1 aliphatic carbocycles. The summed E-state index contributed by atoms with van der Waals surface area (Å²) in [7, 11) is 0. The van der Waals surface area contributed by atoms with E-state index in [1.54, 1.807) is 24.3 Å². The predicted molar refractivity (Wildman–Crippen MR) is 103 cm³/mol. The van der Waals surface area contributed by atoms with Gasteiger partial charge in [0, 0.05) is 24.6 Å². The van der Waals surface area contributed by atoms with Gasteiger partial charge in [-0.1, -0.05) is 12.1 Å². The molecule has 5 nitrogen and oxygen atoms in total. The number of hydrogen-bond acceptors (Lipinski definition) is 4. The lowest BCUT2D eigenvalue weighted by atomic mass is 9.89. The van der Waals surface area contributed by atoms with Crippen LogP contribution in [0.2, 0.25) is 0 Å². The Hall–Kier alpha value is -2.95. The fourth-order valence-electron chi connectivity index (χ4n) is 3.26. The molecule has 1 aliphatic rings. The maximum atomic E-state index is 12.4. The number of benzene rings is 2. The lowest BCUT2D eigenvalue weighted by Gasteiger charge is -2.16. The van der Waals surface area contributed by atoms with Crippen LogP contribution in [0.5, 0.6) is 5.75 Å². The Morgan fingerprint density at radius 1 is 0.926 bits per heavy atom. The zero-order chi connectivity index (χ0) is 19.2. The summed E-state index contributed by atoms with van der Waals surface area (Å²) < 4.78 is 5.25. The number of ketones is 1. The Kier molecular flexibility index (Phi) is 6.01. The van der Waals surface area contributed by atoms with Crippen molar-refractivity contribution in [2.24, 2.45) is 0 Å². The van der Waals surface area contributed by atoms with Gasteiger partial charge < -0.3 is 10.1 Å². The molecular formula is C22H23NO4. The molecule has 0 bridgehead atoms. The highest BCUT2D eigenvalue weighted by Gasteiger charge is 2.15. The molecule has 0 unspecified atom stereocenters. The molecule has 140 valence electrons. The molecule has 0 heterocycles. The van der Waals surface area contributed by atoms with Crippen LogP contribution >= 0.6 is 0 Å². The monoisotopic (exact) mass is 365 g/mol. The van der Waals surface area contributed by atoms with Crippen LogP contribution in [0, 0.1) is 0 Å². The molecule has 27 heavy (non-hydrogen) atoms. The van der Waals surface area contributed by atoms with Crippen molar-refractivity contribution in [3.63, 3.8) is 0 Å². The summed E-state index contributed by atoms with van der Waals surface area (Å²) in [4.78, 5) is 35.4. The van der Waals surface area contributed by atoms with Crippen LogP contribution < -0.4 is 10.1 Å². The lowest BCUT2D eigenvalue weighted by molar-refractivity contribution is -0.134. The second kappa shape index (κ2) is 8.62. The van der Waals surface area contributed by atoms with Gasteiger partial charge >= 0.3 is 5.97 Å². The van der Waals surface area contributed by atoms with E-state index >= 15 is 0 Å². The highest BCUT2D eigenvalue weighted by Crippen LogP contribution is 2.23. The summed E-state index contributed by atoms with van der Waals surface area (Å²) >= 11 is 0. The maximum Gasteiger partial charge on any atom is 0.311 e. The van der Waals surface area contributed by atoms with E-state index in [2.05, 4.69) is 5.32 Å². The van der Waals surface area contributed by atoms with Gasteiger partial charge in [0.15, 0.2) is 5.78 Å². The number of hydrogen-bond donors (Lipinski definition) is 1. The number of carbonyl (C=O) groups excluding carboxylic acids is 3. The number of fused-ring (bicyclic) bond motifs is 1. The summed E-state index contributed by atoms with van der Waals surface area (Å²) in [5, 5.41) is 2.64. The molecule has 2 aromatic rings. The molecule has 5 heteroatoms. The van der Waals surface area contributed by atoms with Crippen molar-refractivity contribution in [1.82, 2.24) is 0 Å². The number of anilines is 1. The van der Waals surface area contributed by atoms with Gasteiger partial charge in [-0.25, -0.2) is 0 Å². The standard InChI is InChI=1S/C22H23NO4/c1-15(24)23-19-8-10-20(11-9-19)27-22(26)13-12-21(25)18-7-6-16-4-2-3-5-17(16)14-18/h6-11,14H,2-5,12-13H2,1H3,(H,23,24). The molecule has 0 radical (unpaired) electrons. The normalized spacial score (nSPS) is 12.8. The molecule has 0 saturated heterocycles. The molecule has 0 spiro atoms. The smallest absolute Gasteiger partial charge is 0.311 e. The first-order chi connectivity index (χ1) is 13.0. The Morgan fingerprint density at radius 3 is 2.33 bits per heavy atom. The van der Waals surface area contributed by atoms with Gasteiger partial charge in [0.05, 0.1) is 6.42 Å². The van der Waals surface area contributed by atoms with Gasteiger partial charge in [0.25, 0.3) is 0 Å². The number of ether oxygens (including phenoxy) is 1. The molecule has 0 aromatic heterocycles. The van der Waals surface area contributed by atoms with E-state index in [1.807, 2.05) is 18.2 Å². The van der Waals surface area contributed by atoms with Gasteiger partial charge in [0.1, 0.15) is 5.75 Å². The van der Waals surface area contributed by atoms with Crippen LogP contribution in [-0.2, 0) is 22.4 Å². The minimum atomic E-state index is -0.450. The first-order valence-electron chi connectivity index (χ1n) is 9.24. The fourth-order valence-corrected chi connectivity index (χ4v) is 3.26. The number of nitrogens with one attached hydrogen (secondary N) is 1. The van der Waals surface area contributed by atoms with Crippen LogP contribution in [0.3, 0.4) is 0 Å². The largest absolute Gasteiger partial charge is 0.427 e. The molecule has 0 aliphatic heterocycles. The average molecular weight is 365 g/mol. The predicted octanol–water partition coefficient (Wildman–Crippen LogP) is 4.09. The summed E-state index contributed by atoms with van der Waals surface area (Å²) in [6, 6.07) is 12.4. The van der Waals surface area contributed by atoms with Crippen LogP contribution in [-0.4, -0.2) is 17.7 Å². The first kappa shape index (κ1) is 18.8. The van der Waals surface area contributed by atoms with Crippen molar-refractivity contribution in [3.05, 3.63) is 59.2 Å². The van der Waals surface area contributed by atoms with Crippen molar-refractivity contribution in [1.29, 1.82) is 0 Å². The lowest BCUT2D eigenvalue weighted by Crippen LogP contribution is -2.12. The Morgan fingerprint density at radius 2 is 1.63 bits per heavy atom. The quantitative estimate of drug-likeness (QED) is 0.475. The SMILES string of the molecule is CC(=O)Nc1ccc(OC(=O)CCC(=O)c2ccc3c(c2)CCCC3)cc1. The number of aryl methyl sites for hydroxylation is 2. The van der Waals surface area contributed by atoms with Crippen LogP contribution in [0.15, 0.2) is 42.5 Å². The van der Waals surface area contributed by atoms with Gasteiger partial charge in [0.2, 0.25) is 5.91 Å². The van der Waals surface area contributed by atoms with E-state index in [4.69, 9.17) is 4.74 Å². The number of carbonyl (C=O) groups is 3. The van der Waals surface area contributed by atoms with Crippen molar-refractivity contribution >= 4 is 23.3 Å². The van der Waals surface area contributed by atoms with Gasteiger partial charge in [-0.2, -0.15) is 0 Å². The molecule has 0 fully saturated rings. The topological polar surface area (TPSA) is 72.5 Å². The Labute approximate surface area is 158 Å². The third kappa shape index (κ3) is 5.26. The second-order valence-electron chi connectivity index (χ2n) is 6.79. The summed E-state index contributed by atoms with van der Waals surface area (Å²) in [5.74, 6) is -0.273. The van der Waals surface area contributed by atoms with Gasteiger partial charge in [-0.05, 0) is 67.1 Å². The summed E-state index contributed by atoms with van der Waals surface area (Å²) in [6.07, 6.45) is 4.63. The Bertz CT molecular complexity index is 855. The van der Waals surface area contributed by atoms with Gasteiger partial charge in [-0.3, -0.25) is 14.4 Å². The van der Waals surface area contributed by atoms with Crippen LogP contribution in [0.1, 0.15) is 54.1 Å². The van der Waals surface area contributed by atoms with Crippen LogP contribution in [0.25, 0.3) is 0 Å². The molecule has 2 aromatic carbocycles. The van der Waals surface area contributed by atoms with Crippen molar-refractivity contribution in [2.45, 2.75) is 45.4 Å². The first-order valence-corrected chi connectivity index (χ1v) is 9.24. The summed E-state index contributed by atoms with van der Waals surface area (Å²) in [5.41, 5.74) is 3.89. The van der Waals surface area contributed by atoms with E-state index in [9.17, 15) is 14.4 Å². The second-order valence-corrected chi connectivity index (χ2v) is 6.79. The van der Waals surface area contributed by atoms with E-state index in [1.165, 1.54) is 24.5 Å². The maximum absolute atomic E-state index is 12.4. The molecule has 1 amide bonds. The molecular weight excluding hydrogens is 342 g/mol. The molecule has 3 rings (SSSR count). The number of amides is 1. The van der Waals surface area contributed by atoms with Gasteiger partial charge in [-0.15, -0.1) is 0 Å². The average Bonchev–Trinajstić information content (AvgIpc) is 2.67. The van der Waals surface area contributed by atoms with E-state index in [0.29, 0.717) is 17.0 Å². The molecule has 1 N–H and O–H groups in total. The van der Waals surface area contributed by atoms with Crippen molar-refractivity contribution in [2.75, 3.05) is 5.32 Å². The number of Topliss-reactive ketones (excluding diaryl/α,β-unsaturated/α-hetero) is 1. The highest BCUT2D eigenvalue weighted by atomic mass is 16.5. The van der Waals surface area contributed by atoms with E-state index in [0.717, 1.165) is 19.3 Å². The summed E-state index contributed by atoms with van der Waals surface area (Å²) in [6.45, 7) is 1.42. The molecule has 0 saturated carbocycles. The third-order valence-corrected chi connectivity index (χ3v) is 4.63. The fraction of sp³-hybridized carbons (Fsp3) is 0.318. The van der Waals surface area contributed by atoms with Crippen molar-refractivity contribution < 1.29 is 19.1 Å². The zero-order valence-electron chi connectivity index (χ0n) is 15.4. The zero-order valence-corrected chi connectivity index (χ0v) is 15.4.